The van der Waals surface area contributed by atoms with Crippen LogP contribution in [0.25, 0.3) is 16.3 Å². The molecule has 0 radical (unpaired) electrons. The molecule has 0 unspecified atom stereocenters. The zero-order valence-corrected chi connectivity index (χ0v) is 15.5. The van der Waals surface area contributed by atoms with Crippen molar-refractivity contribution in [3.8, 4) is 22.9 Å². The number of nitrogens with one attached hydrogen (secondary N) is 2. The van der Waals surface area contributed by atoms with Crippen LogP contribution in [0, 0.1) is 12.3 Å². The normalized spacial score (nSPS) is 11.5. The van der Waals surface area contributed by atoms with Crippen molar-refractivity contribution in [3.63, 3.8) is 0 Å². The van der Waals surface area contributed by atoms with Gasteiger partial charge < -0.3 is 10.6 Å². The second kappa shape index (κ2) is 9.63. The van der Waals surface area contributed by atoms with Gasteiger partial charge in [0.15, 0.2) is 0 Å². The van der Waals surface area contributed by atoms with Crippen LogP contribution in [0.2, 0.25) is 0 Å². The van der Waals surface area contributed by atoms with Crippen molar-refractivity contribution in [2.75, 3.05) is 13.6 Å². The first-order valence-corrected chi connectivity index (χ1v) is 8.90. The van der Waals surface area contributed by atoms with Gasteiger partial charge in [-0.05, 0) is 48.4 Å². The molecule has 0 aliphatic heterocycles. The Balaban J connectivity index is 1.94. The van der Waals surface area contributed by atoms with Crippen molar-refractivity contribution in [1.29, 1.82) is 0 Å². The predicted molar refractivity (Wildman–Crippen MR) is 109 cm³/mol. The molecule has 0 amide bonds. The van der Waals surface area contributed by atoms with Gasteiger partial charge in [0.05, 0.1) is 15.4 Å². The highest BCUT2D eigenvalue weighted by molar-refractivity contribution is 7.16. The summed E-state index contributed by atoms with van der Waals surface area (Å²) in [5, 5.41) is 6.47. The molecule has 2 heterocycles. The molecule has 0 fully saturated rings. The predicted octanol–water partition coefficient (Wildman–Crippen LogP) is 4.23. The lowest BCUT2D eigenvalue weighted by Crippen LogP contribution is -2.16. The van der Waals surface area contributed by atoms with Gasteiger partial charge in [-0.25, -0.2) is 0 Å². The van der Waals surface area contributed by atoms with Gasteiger partial charge >= 0.3 is 0 Å². The van der Waals surface area contributed by atoms with Crippen molar-refractivity contribution >= 4 is 17.0 Å². The van der Waals surface area contributed by atoms with Crippen LogP contribution in [-0.2, 0) is 6.54 Å². The molecule has 0 bridgehead atoms. The van der Waals surface area contributed by atoms with Gasteiger partial charge in [-0.3, -0.25) is 4.98 Å². The van der Waals surface area contributed by atoms with E-state index in [0.717, 1.165) is 39.8 Å². The Hall–Kier alpha value is -2.61. The lowest BCUT2D eigenvalue weighted by atomic mass is 10.2. The molecule has 25 heavy (non-hydrogen) atoms. The number of allylic oxidation sites excluding steroid dienone is 2. The van der Waals surface area contributed by atoms with Crippen molar-refractivity contribution in [3.05, 3.63) is 71.3 Å². The Kier molecular flexibility index (Phi) is 7.21. The zero-order valence-electron chi connectivity index (χ0n) is 14.7. The molecule has 2 aromatic heterocycles. The second-order valence-electron chi connectivity index (χ2n) is 5.41. The van der Waals surface area contributed by atoms with E-state index in [9.17, 15) is 0 Å². The molecule has 0 aliphatic carbocycles. The maximum Gasteiger partial charge on any atom is 0.0802 e. The van der Waals surface area contributed by atoms with E-state index in [4.69, 9.17) is 6.42 Å². The molecular formula is C21H23N3S. The van der Waals surface area contributed by atoms with E-state index >= 15 is 0 Å². The fourth-order valence-corrected chi connectivity index (χ4v) is 3.16. The lowest BCUT2D eigenvalue weighted by molar-refractivity contribution is 0.744. The highest BCUT2D eigenvalue weighted by atomic mass is 32.1. The van der Waals surface area contributed by atoms with Crippen LogP contribution < -0.4 is 10.6 Å². The Labute approximate surface area is 154 Å². The average molecular weight is 350 g/mol. The Morgan fingerprint density at radius 3 is 2.84 bits per heavy atom. The molecule has 0 saturated heterocycles. The minimum atomic E-state index is 0.765. The van der Waals surface area contributed by atoms with E-state index < -0.39 is 0 Å². The maximum absolute atomic E-state index is 5.24. The van der Waals surface area contributed by atoms with E-state index in [-0.39, 0.29) is 0 Å². The third kappa shape index (κ3) is 5.46. The van der Waals surface area contributed by atoms with E-state index in [1.807, 2.05) is 26.2 Å². The number of rotatable bonds is 8. The number of thiophene rings is 1. The van der Waals surface area contributed by atoms with Gasteiger partial charge in [-0.1, -0.05) is 24.6 Å². The van der Waals surface area contributed by atoms with E-state index in [2.05, 4.69) is 58.5 Å². The van der Waals surface area contributed by atoms with Gasteiger partial charge in [-0.2, -0.15) is 0 Å². The van der Waals surface area contributed by atoms with E-state index in [1.165, 1.54) is 5.57 Å². The molecule has 0 atom stereocenters. The minimum Gasteiger partial charge on any atom is -0.387 e. The van der Waals surface area contributed by atoms with E-state index in [1.54, 1.807) is 17.4 Å². The number of pyridine rings is 1. The molecule has 2 rings (SSSR count). The summed E-state index contributed by atoms with van der Waals surface area (Å²) in [4.78, 5) is 6.85. The minimum absolute atomic E-state index is 0.765. The second-order valence-corrected chi connectivity index (χ2v) is 6.50. The topological polar surface area (TPSA) is 37.0 Å². The van der Waals surface area contributed by atoms with Crippen molar-refractivity contribution in [2.45, 2.75) is 13.5 Å². The fourth-order valence-electron chi connectivity index (χ4n) is 2.20. The van der Waals surface area contributed by atoms with Crippen LogP contribution in [0.1, 0.15) is 17.4 Å². The largest absolute Gasteiger partial charge is 0.387 e. The van der Waals surface area contributed by atoms with Crippen LogP contribution >= 0.6 is 11.3 Å². The van der Waals surface area contributed by atoms with Crippen LogP contribution in [0.3, 0.4) is 0 Å². The summed E-state index contributed by atoms with van der Waals surface area (Å²) < 4.78 is 0. The summed E-state index contributed by atoms with van der Waals surface area (Å²) in [6, 6.07) is 8.31. The number of terminal acetylenes is 1. The Morgan fingerprint density at radius 2 is 2.20 bits per heavy atom. The lowest BCUT2D eigenvalue weighted by Gasteiger charge is -2.06. The first-order valence-electron chi connectivity index (χ1n) is 8.08. The third-order valence-electron chi connectivity index (χ3n) is 3.71. The molecule has 2 aromatic rings. The van der Waals surface area contributed by atoms with Crippen molar-refractivity contribution in [1.82, 2.24) is 15.6 Å². The molecule has 0 spiro atoms. The summed E-state index contributed by atoms with van der Waals surface area (Å²) >= 11 is 1.69. The SMILES string of the molecule is C#C/C=C\C(=C/C)CNCc1ccc(-c2ccc(C(=C)NC)s2)nc1. The molecule has 2 N–H and O–H groups in total. The molecule has 4 heteroatoms. The summed E-state index contributed by atoms with van der Waals surface area (Å²) in [5.74, 6) is 2.51. The number of aromatic nitrogens is 1. The average Bonchev–Trinajstić information content (AvgIpc) is 3.14. The summed E-state index contributed by atoms with van der Waals surface area (Å²) in [6.45, 7) is 7.53. The first-order chi connectivity index (χ1) is 12.2. The standard InChI is InChI=1S/C21H23N3S/c1-5-7-8-17(6-2)13-23-14-18-9-10-19(24-15-18)21-12-11-20(25-21)16(3)22-4/h1,6-12,15,22-23H,3,13-14H2,2,4H3/b8-7-,17-6+. The highest BCUT2D eigenvalue weighted by Crippen LogP contribution is 2.29. The number of hydrogen-bond acceptors (Lipinski definition) is 4. The monoisotopic (exact) mass is 349 g/mol. The van der Waals surface area contributed by atoms with Gasteiger partial charge in [-0.15, -0.1) is 17.8 Å². The van der Waals surface area contributed by atoms with Crippen LogP contribution in [0.15, 0.2) is 60.8 Å². The highest BCUT2D eigenvalue weighted by Gasteiger charge is 2.06. The Bertz CT molecular complexity index is 804. The molecule has 0 saturated carbocycles. The molecule has 128 valence electrons. The van der Waals surface area contributed by atoms with Crippen LogP contribution in [0.5, 0.6) is 0 Å². The molecule has 0 aliphatic rings. The van der Waals surface area contributed by atoms with Crippen molar-refractivity contribution in [2.24, 2.45) is 0 Å². The van der Waals surface area contributed by atoms with Gasteiger partial charge in [0, 0.05) is 32.0 Å². The first kappa shape index (κ1) is 18.7. The fraction of sp³-hybridized carbons (Fsp3) is 0.190. The van der Waals surface area contributed by atoms with Gasteiger partial charge in [0.1, 0.15) is 0 Å². The zero-order chi connectivity index (χ0) is 18.1. The Morgan fingerprint density at radius 1 is 1.36 bits per heavy atom. The molecule has 0 aromatic carbocycles. The van der Waals surface area contributed by atoms with E-state index in [0.29, 0.717) is 0 Å². The summed E-state index contributed by atoms with van der Waals surface area (Å²) in [6.07, 6.45) is 12.9. The quantitative estimate of drug-likeness (QED) is 0.553. The maximum atomic E-state index is 5.24. The van der Waals surface area contributed by atoms with Crippen molar-refractivity contribution < 1.29 is 0 Å². The third-order valence-corrected chi connectivity index (χ3v) is 4.87. The van der Waals surface area contributed by atoms with Gasteiger partial charge in [0.2, 0.25) is 0 Å². The molecule has 3 nitrogen and oxygen atoms in total. The number of hydrogen-bond donors (Lipinski definition) is 2. The van der Waals surface area contributed by atoms with Crippen LogP contribution in [-0.4, -0.2) is 18.6 Å². The smallest absolute Gasteiger partial charge is 0.0802 e. The summed E-state index contributed by atoms with van der Waals surface area (Å²) in [7, 11) is 1.88. The van der Waals surface area contributed by atoms with Crippen LogP contribution in [0.4, 0.5) is 0 Å². The summed E-state index contributed by atoms with van der Waals surface area (Å²) in [5.41, 5.74) is 4.22. The van der Waals surface area contributed by atoms with Gasteiger partial charge in [0.25, 0.3) is 0 Å². The number of nitrogens with zero attached hydrogens (tertiary/aromatic N) is 1. The molecular weight excluding hydrogens is 326 g/mol.